The van der Waals surface area contributed by atoms with E-state index < -0.39 is 5.97 Å². The van der Waals surface area contributed by atoms with Crippen LogP contribution in [0.1, 0.15) is 84.0 Å². The highest BCUT2D eigenvalue weighted by Gasteiger charge is 1.93. The predicted octanol–water partition coefficient (Wildman–Crippen LogP) is 5.33. The van der Waals surface area contributed by atoms with Crippen molar-refractivity contribution >= 4 is 5.97 Å². The minimum Gasteiger partial charge on any atom is -0.481 e. The van der Waals surface area contributed by atoms with Crippen LogP contribution in [0.15, 0.2) is 12.2 Å². The number of carbonyl (C=O) groups is 1. The lowest BCUT2D eigenvalue weighted by atomic mass is 10.1. The molecule has 0 aromatic heterocycles. The minimum absolute atomic E-state index is 0.264. The molecule has 0 heterocycles. The van der Waals surface area contributed by atoms with Gasteiger partial charge in [0.05, 0.1) is 0 Å². The van der Waals surface area contributed by atoms with Gasteiger partial charge in [-0.2, -0.15) is 0 Å². The molecule has 1 N–H and O–H groups in total. The summed E-state index contributed by atoms with van der Waals surface area (Å²) < 4.78 is 0. The van der Waals surface area contributed by atoms with Gasteiger partial charge in [0.1, 0.15) is 0 Å². The van der Waals surface area contributed by atoms with Crippen molar-refractivity contribution in [3.8, 4) is 11.8 Å². The van der Waals surface area contributed by atoms with Gasteiger partial charge in [0.2, 0.25) is 0 Å². The third-order valence-electron chi connectivity index (χ3n) is 3.18. The Hall–Kier alpha value is -1.23. The van der Waals surface area contributed by atoms with E-state index in [1.165, 1.54) is 44.9 Å². The first-order chi connectivity index (χ1) is 9.77. The van der Waals surface area contributed by atoms with Gasteiger partial charge in [0.15, 0.2) is 0 Å². The molecule has 0 bridgehead atoms. The SMILES string of the molecule is CCCCCCCCC=CCC#CCCCCC(=O)O. The molecule has 0 atom stereocenters. The number of carboxylic acids is 1. The van der Waals surface area contributed by atoms with Crippen molar-refractivity contribution in [3.63, 3.8) is 0 Å². The van der Waals surface area contributed by atoms with Crippen LogP contribution >= 0.6 is 0 Å². The third kappa shape index (κ3) is 16.8. The molecule has 20 heavy (non-hydrogen) atoms. The first kappa shape index (κ1) is 18.8. The number of rotatable bonds is 12. The van der Waals surface area contributed by atoms with Crippen molar-refractivity contribution in [1.29, 1.82) is 0 Å². The highest BCUT2D eigenvalue weighted by atomic mass is 16.4. The second-order valence-corrected chi connectivity index (χ2v) is 5.19. The fraction of sp³-hybridized carbons (Fsp3) is 0.722. The Bertz CT molecular complexity index is 307. The van der Waals surface area contributed by atoms with Gasteiger partial charge in [0.25, 0.3) is 0 Å². The van der Waals surface area contributed by atoms with Crippen LogP contribution in [-0.2, 0) is 4.79 Å². The maximum atomic E-state index is 10.3. The maximum Gasteiger partial charge on any atom is 0.303 e. The molecule has 0 aromatic carbocycles. The van der Waals surface area contributed by atoms with E-state index in [2.05, 4.69) is 30.9 Å². The summed E-state index contributed by atoms with van der Waals surface area (Å²) >= 11 is 0. The maximum absolute atomic E-state index is 10.3. The van der Waals surface area contributed by atoms with E-state index >= 15 is 0 Å². The molecular weight excluding hydrogens is 248 g/mol. The second kappa shape index (κ2) is 15.8. The van der Waals surface area contributed by atoms with Gasteiger partial charge < -0.3 is 5.11 Å². The lowest BCUT2D eigenvalue weighted by Crippen LogP contribution is -1.92. The Morgan fingerprint density at radius 2 is 1.70 bits per heavy atom. The van der Waals surface area contributed by atoms with Crippen LogP contribution in [0, 0.1) is 11.8 Å². The first-order valence-electron chi connectivity index (χ1n) is 8.10. The standard InChI is InChI=1S/C18H30O2/c1-2-3-4-5-6-7-8-9-10-11-12-13-14-15-16-17-18(19)20/h9-10H,2-8,11,14-17H2,1H3,(H,19,20). The van der Waals surface area contributed by atoms with Gasteiger partial charge in [0, 0.05) is 19.3 Å². The molecule has 2 heteroatoms. The quantitative estimate of drug-likeness (QED) is 0.297. The molecule has 0 fully saturated rings. The monoisotopic (exact) mass is 278 g/mol. The van der Waals surface area contributed by atoms with Crippen LogP contribution in [0.5, 0.6) is 0 Å². The van der Waals surface area contributed by atoms with Gasteiger partial charge >= 0.3 is 5.97 Å². The van der Waals surface area contributed by atoms with Crippen molar-refractivity contribution < 1.29 is 9.90 Å². The van der Waals surface area contributed by atoms with Gasteiger partial charge in [-0.1, -0.05) is 57.1 Å². The van der Waals surface area contributed by atoms with E-state index in [1.807, 2.05) is 0 Å². The van der Waals surface area contributed by atoms with E-state index in [0.29, 0.717) is 0 Å². The zero-order chi connectivity index (χ0) is 14.9. The summed E-state index contributed by atoms with van der Waals surface area (Å²) in [6, 6.07) is 0. The Labute approximate surface area is 124 Å². The largest absolute Gasteiger partial charge is 0.481 e. The molecule has 0 aliphatic rings. The lowest BCUT2D eigenvalue weighted by Gasteiger charge is -1.97. The summed E-state index contributed by atoms with van der Waals surface area (Å²) in [5.74, 6) is 5.49. The van der Waals surface area contributed by atoms with E-state index in [-0.39, 0.29) is 6.42 Å². The molecule has 0 unspecified atom stereocenters. The average molecular weight is 278 g/mol. The van der Waals surface area contributed by atoms with Gasteiger partial charge in [-0.15, -0.1) is 5.92 Å². The van der Waals surface area contributed by atoms with Crippen LogP contribution in [0.2, 0.25) is 0 Å². The number of hydrogen-bond acceptors (Lipinski definition) is 1. The van der Waals surface area contributed by atoms with Gasteiger partial charge in [-0.25, -0.2) is 0 Å². The highest BCUT2D eigenvalue weighted by Crippen LogP contribution is 2.07. The average Bonchev–Trinajstić information content (AvgIpc) is 2.43. The summed E-state index contributed by atoms with van der Waals surface area (Å²) in [5, 5.41) is 8.47. The Balaban J connectivity index is 3.25. The Kier molecular flexibility index (Phi) is 14.9. The van der Waals surface area contributed by atoms with Crippen molar-refractivity contribution in [1.82, 2.24) is 0 Å². The van der Waals surface area contributed by atoms with E-state index in [9.17, 15) is 4.79 Å². The predicted molar refractivity (Wildman–Crippen MR) is 85.6 cm³/mol. The molecule has 0 saturated carbocycles. The number of allylic oxidation sites excluding steroid dienone is 2. The topological polar surface area (TPSA) is 37.3 Å². The molecular formula is C18H30O2. The van der Waals surface area contributed by atoms with E-state index in [1.54, 1.807) is 0 Å². The molecule has 0 rings (SSSR count). The minimum atomic E-state index is -0.712. The number of aliphatic carboxylic acids is 1. The smallest absolute Gasteiger partial charge is 0.303 e. The molecule has 2 nitrogen and oxygen atoms in total. The van der Waals surface area contributed by atoms with Crippen LogP contribution in [0.25, 0.3) is 0 Å². The Morgan fingerprint density at radius 1 is 0.950 bits per heavy atom. The second-order valence-electron chi connectivity index (χ2n) is 5.19. The van der Waals surface area contributed by atoms with Crippen molar-refractivity contribution in [3.05, 3.63) is 12.2 Å². The first-order valence-corrected chi connectivity index (χ1v) is 8.10. The molecule has 0 aliphatic carbocycles. The molecule has 0 aromatic rings. The highest BCUT2D eigenvalue weighted by molar-refractivity contribution is 5.66. The molecule has 114 valence electrons. The van der Waals surface area contributed by atoms with E-state index in [0.717, 1.165) is 25.7 Å². The Morgan fingerprint density at radius 3 is 2.45 bits per heavy atom. The van der Waals surface area contributed by atoms with Crippen molar-refractivity contribution in [2.75, 3.05) is 0 Å². The fourth-order valence-corrected chi connectivity index (χ4v) is 1.95. The lowest BCUT2D eigenvalue weighted by molar-refractivity contribution is -0.137. The molecule has 0 amide bonds. The summed E-state index contributed by atoms with van der Waals surface area (Å²) in [6.07, 6.45) is 17.2. The third-order valence-corrected chi connectivity index (χ3v) is 3.18. The summed E-state index contributed by atoms with van der Waals surface area (Å²) in [5.41, 5.74) is 0. The van der Waals surface area contributed by atoms with Crippen LogP contribution in [-0.4, -0.2) is 11.1 Å². The summed E-state index contributed by atoms with van der Waals surface area (Å²) in [7, 11) is 0. The number of carboxylic acid groups (broad SMARTS) is 1. The van der Waals surface area contributed by atoms with Crippen molar-refractivity contribution in [2.24, 2.45) is 0 Å². The van der Waals surface area contributed by atoms with Gasteiger partial charge in [-0.05, 0) is 25.7 Å². The zero-order valence-corrected chi connectivity index (χ0v) is 13.0. The number of unbranched alkanes of at least 4 members (excludes halogenated alkanes) is 8. The van der Waals surface area contributed by atoms with Crippen molar-refractivity contribution in [2.45, 2.75) is 84.0 Å². The normalized spacial score (nSPS) is 10.4. The van der Waals surface area contributed by atoms with Crippen LogP contribution in [0.4, 0.5) is 0 Å². The van der Waals surface area contributed by atoms with E-state index in [4.69, 9.17) is 5.11 Å². The summed E-state index contributed by atoms with van der Waals surface area (Å²) in [6.45, 7) is 2.25. The molecule has 0 saturated heterocycles. The van der Waals surface area contributed by atoms with Gasteiger partial charge in [-0.3, -0.25) is 4.79 Å². The molecule has 0 radical (unpaired) electrons. The molecule has 0 spiro atoms. The number of hydrogen-bond donors (Lipinski definition) is 1. The zero-order valence-electron chi connectivity index (χ0n) is 13.0. The summed E-state index contributed by atoms with van der Waals surface area (Å²) in [4.78, 5) is 10.3. The van der Waals surface area contributed by atoms with Crippen LogP contribution in [0.3, 0.4) is 0 Å². The molecule has 0 aliphatic heterocycles. The fourth-order valence-electron chi connectivity index (χ4n) is 1.95. The van der Waals surface area contributed by atoms with Crippen LogP contribution < -0.4 is 0 Å².